The van der Waals surface area contributed by atoms with E-state index in [2.05, 4.69) is 20.8 Å². The molecule has 0 aromatic rings. The van der Waals surface area contributed by atoms with Gasteiger partial charge >= 0.3 is 5.97 Å². The Hall–Kier alpha value is -0.530. The van der Waals surface area contributed by atoms with E-state index >= 15 is 0 Å². The normalized spacial score (nSPS) is 11.0. The minimum absolute atomic E-state index is 0.00231. The molecule has 0 heterocycles. The summed E-state index contributed by atoms with van der Waals surface area (Å²) in [6.45, 7) is 7.33. The second-order valence-electron chi connectivity index (χ2n) is 6.69. The first-order valence-electron chi connectivity index (χ1n) is 9.32. The van der Waals surface area contributed by atoms with Crippen molar-refractivity contribution in [1.29, 1.82) is 0 Å². The molecule has 21 heavy (non-hydrogen) atoms. The second kappa shape index (κ2) is 15.9. The van der Waals surface area contributed by atoms with Gasteiger partial charge in [-0.05, 0) is 25.2 Å². The van der Waals surface area contributed by atoms with Crippen molar-refractivity contribution in [2.75, 3.05) is 6.61 Å². The summed E-state index contributed by atoms with van der Waals surface area (Å²) in [6, 6.07) is 0. The fourth-order valence-corrected chi connectivity index (χ4v) is 2.49. The smallest absolute Gasteiger partial charge is 0.305 e. The molecule has 0 radical (unpaired) electrons. The monoisotopic (exact) mass is 298 g/mol. The fraction of sp³-hybridized carbons (Fsp3) is 0.947. The zero-order valence-corrected chi connectivity index (χ0v) is 14.8. The summed E-state index contributed by atoms with van der Waals surface area (Å²) in [5.41, 5.74) is 0. The average molecular weight is 299 g/mol. The molecule has 0 fully saturated rings. The van der Waals surface area contributed by atoms with Crippen molar-refractivity contribution in [1.82, 2.24) is 0 Å². The Morgan fingerprint density at radius 2 is 1.38 bits per heavy atom. The number of hydrogen-bond acceptors (Lipinski definition) is 2. The van der Waals surface area contributed by atoms with Crippen LogP contribution in [-0.4, -0.2) is 12.6 Å². The molecular weight excluding hydrogens is 260 g/mol. The number of ether oxygens (including phenoxy) is 1. The van der Waals surface area contributed by atoms with Gasteiger partial charge in [-0.2, -0.15) is 0 Å². The maximum atomic E-state index is 11.5. The van der Waals surface area contributed by atoms with Gasteiger partial charge in [0.1, 0.15) is 0 Å². The SMILES string of the molecule is CCCCCCCCCCCC(=O)OCCCCC(C)C. The van der Waals surface area contributed by atoms with Gasteiger partial charge in [-0.25, -0.2) is 0 Å². The van der Waals surface area contributed by atoms with Crippen LogP contribution in [0.3, 0.4) is 0 Å². The van der Waals surface area contributed by atoms with Gasteiger partial charge in [-0.3, -0.25) is 4.79 Å². The van der Waals surface area contributed by atoms with E-state index in [-0.39, 0.29) is 5.97 Å². The third kappa shape index (κ3) is 17.4. The third-order valence-corrected chi connectivity index (χ3v) is 3.92. The van der Waals surface area contributed by atoms with Gasteiger partial charge in [0, 0.05) is 6.42 Å². The summed E-state index contributed by atoms with van der Waals surface area (Å²) in [6.07, 6.45) is 15.6. The molecule has 0 aromatic heterocycles. The Labute approximate surface area is 133 Å². The lowest BCUT2D eigenvalue weighted by molar-refractivity contribution is -0.143. The number of rotatable bonds is 15. The van der Waals surface area contributed by atoms with Crippen molar-refractivity contribution in [2.45, 2.75) is 104 Å². The van der Waals surface area contributed by atoms with E-state index in [1.165, 1.54) is 64.2 Å². The summed E-state index contributed by atoms with van der Waals surface area (Å²) in [5.74, 6) is 0.755. The van der Waals surface area contributed by atoms with Crippen LogP contribution < -0.4 is 0 Å². The molecule has 0 rings (SSSR count). The predicted molar refractivity (Wildman–Crippen MR) is 91.5 cm³/mol. The van der Waals surface area contributed by atoms with E-state index in [0.717, 1.165) is 18.8 Å². The van der Waals surface area contributed by atoms with E-state index in [0.29, 0.717) is 13.0 Å². The molecule has 0 unspecified atom stereocenters. The van der Waals surface area contributed by atoms with Crippen LogP contribution in [0.5, 0.6) is 0 Å². The third-order valence-electron chi connectivity index (χ3n) is 3.92. The second-order valence-corrected chi connectivity index (χ2v) is 6.69. The summed E-state index contributed by atoms with van der Waals surface area (Å²) in [4.78, 5) is 11.5. The molecule has 0 atom stereocenters. The van der Waals surface area contributed by atoms with Crippen LogP contribution in [0.25, 0.3) is 0 Å². The van der Waals surface area contributed by atoms with Gasteiger partial charge in [0.25, 0.3) is 0 Å². The number of carbonyl (C=O) groups excluding carboxylic acids is 1. The molecule has 0 aromatic carbocycles. The molecule has 0 amide bonds. The zero-order chi connectivity index (χ0) is 15.8. The molecule has 0 aliphatic carbocycles. The van der Waals surface area contributed by atoms with Gasteiger partial charge in [-0.1, -0.05) is 78.6 Å². The molecule has 0 aliphatic rings. The van der Waals surface area contributed by atoms with E-state index in [1.807, 2.05) is 0 Å². The lowest BCUT2D eigenvalue weighted by Gasteiger charge is -2.06. The molecular formula is C19H38O2. The van der Waals surface area contributed by atoms with E-state index in [4.69, 9.17) is 4.74 Å². The summed E-state index contributed by atoms with van der Waals surface area (Å²) >= 11 is 0. The lowest BCUT2D eigenvalue weighted by atomic mass is 10.1. The molecule has 0 aliphatic heterocycles. The number of carbonyl (C=O) groups is 1. The number of unbranched alkanes of at least 4 members (excludes halogenated alkanes) is 9. The highest BCUT2D eigenvalue weighted by atomic mass is 16.5. The Bertz CT molecular complexity index is 224. The number of hydrogen-bond donors (Lipinski definition) is 0. The zero-order valence-electron chi connectivity index (χ0n) is 14.8. The number of esters is 1. The van der Waals surface area contributed by atoms with Crippen LogP contribution in [0.2, 0.25) is 0 Å². The van der Waals surface area contributed by atoms with Crippen molar-refractivity contribution in [3.8, 4) is 0 Å². The molecule has 126 valence electrons. The van der Waals surface area contributed by atoms with Gasteiger partial charge in [0.2, 0.25) is 0 Å². The van der Waals surface area contributed by atoms with Crippen LogP contribution >= 0.6 is 0 Å². The molecule has 0 saturated carbocycles. The first-order chi connectivity index (χ1) is 10.2. The average Bonchev–Trinajstić information content (AvgIpc) is 2.45. The Morgan fingerprint density at radius 1 is 0.810 bits per heavy atom. The topological polar surface area (TPSA) is 26.3 Å². The Balaban J connectivity index is 3.16. The van der Waals surface area contributed by atoms with Crippen molar-refractivity contribution < 1.29 is 9.53 Å². The van der Waals surface area contributed by atoms with Crippen molar-refractivity contribution >= 4 is 5.97 Å². The van der Waals surface area contributed by atoms with Crippen LogP contribution in [0, 0.1) is 5.92 Å². The van der Waals surface area contributed by atoms with Crippen LogP contribution in [0.15, 0.2) is 0 Å². The van der Waals surface area contributed by atoms with Gasteiger partial charge in [0.05, 0.1) is 6.61 Å². The highest BCUT2D eigenvalue weighted by Crippen LogP contribution is 2.11. The highest BCUT2D eigenvalue weighted by molar-refractivity contribution is 5.69. The van der Waals surface area contributed by atoms with Crippen molar-refractivity contribution in [3.05, 3.63) is 0 Å². The first kappa shape index (κ1) is 20.5. The van der Waals surface area contributed by atoms with E-state index in [1.54, 1.807) is 0 Å². The molecule has 2 nitrogen and oxygen atoms in total. The molecule has 0 bridgehead atoms. The van der Waals surface area contributed by atoms with Crippen LogP contribution in [-0.2, 0) is 9.53 Å². The Kier molecular flexibility index (Phi) is 15.5. The largest absolute Gasteiger partial charge is 0.466 e. The minimum Gasteiger partial charge on any atom is -0.466 e. The van der Waals surface area contributed by atoms with E-state index in [9.17, 15) is 4.79 Å². The standard InChI is InChI=1S/C19H38O2/c1-4-5-6-7-8-9-10-11-12-16-19(20)21-17-14-13-15-18(2)3/h18H,4-17H2,1-3H3. The first-order valence-corrected chi connectivity index (χ1v) is 9.32. The maximum Gasteiger partial charge on any atom is 0.305 e. The van der Waals surface area contributed by atoms with Crippen molar-refractivity contribution in [3.63, 3.8) is 0 Å². The van der Waals surface area contributed by atoms with Crippen LogP contribution in [0.4, 0.5) is 0 Å². The molecule has 0 saturated heterocycles. The molecule has 0 spiro atoms. The summed E-state index contributed by atoms with van der Waals surface area (Å²) in [7, 11) is 0. The van der Waals surface area contributed by atoms with Gasteiger partial charge in [-0.15, -0.1) is 0 Å². The maximum absolute atomic E-state index is 11.5. The van der Waals surface area contributed by atoms with Gasteiger partial charge < -0.3 is 4.74 Å². The minimum atomic E-state index is 0.00231. The lowest BCUT2D eigenvalue weighted by Crippen LogP contribution is -2.05. The fourth-order valence-electron chi connectivity index (χ4n) is 2.49. The predicted octanol–water partition coefficient (Wildman–Crippen LogP) is 6.28. The highest BCUT2D eigenvalue weighted by Gasteiger charge is 2.02. The van der Waals surface area contributed by atoms with Crippen LogP contribution in [0.1, 0.15) is 104 Å². The summed E-state index contributed by atoms with van der Waals surface area (Å²) < 4.78 is 5.26. The Morgan fingerprint density at radius 3 is 1.95 bits per heavy atom. The van der Waals surface area contributed by atoms with Crippen molar-refractivity contribution in [2.24, 2.45) is 5.92 Å². The molecule has 0 N–H and O–H groups in total. The van der Waals surface area contributed by atoms with E-state index < -0.39 is 0 Å². The molecule has 2 heteroatoms. The quantitative estimate of drug-likeness (QED) is 0.263. The summed E-state index contributed by atoms with van der Waals surface area (Å²) in [5, 5.41) is 0. The van der Waals surface area contributed by atoms with Gasteiger partial charge in [0.15, 0.2) is 0 Å².